The molecule has 2 aliphatic rings. The third-order valence-electron chi connectivity index (χ3n) is 11.6. The monoisotopic (exact) mass is 707 g/mol. The third-order valence-corrected chi connectivity index (χ3v) is 11.6. The van der Waals surface area contributed by atoms with Gasteiger partial charge in [-0.05, 0) is 70.9 Å². The Kier molecular flexibility index (Phi) is 8.14. The third kappa shape index (κ3) is 5.46. The number of nitrogens with two attached hydrogens (primary N) is 1. The highest BCUT2D eigenvalue weighted by atomic mass is 15.0. The predicted molar refractivity (Wildman–Crippen MR) is 232 cm³/mol. The Balaban J connectivity index is 1.31. The first-order chi connectivity index (χ1) is 27.2. The topological polar surface area (TPSA) is 43.3 Å². The summed E-state index contributed by atoms with van der Waals surface area (Å²) in [6.07, 6.45) is 4.81. The summed E-state index contributed by atoms with van der Waals surface area (Å²) in [6, 6.07) is 61.3. The molecule has 1 aliphatic heterocycles. The number of nitrogens with zero attached hydrogens (tertiary/aromatic N) is 2. The van der Waals surface area contributed by atoms with Crippen molar-refractivity contribution in [2.75, 3.05) is 5.73 Å². The number of hydrogen-bond donors (Lipinski definition) is 1. The largest absolute Gasteiger partial charge is 0.398 e. The highest BCUT2D eigenvalue weighted by molar-refractivity contribution is 6.16. The summed E-state index contributed by atoms with van der Waals surface area (Å²) in [5, 5.41) is 2.46. The Morgan fingerprint density at radius 1 is 0.618 bits per heavy atom. The minimum Gasteiger partial charge on any atom is -0.398 e. The van der Waals surface area contributed by atoms with Crippen LogP contribution in [0.1, 0.15) is 59.1 Å². The molecule has 0 amide bonds. The van der Waals surface area contributed by atoms with Crippen LogP contribution in [0.4, 0.5) is 5.69 Å². The standard InChI is InChI=1S/C52H41N3/c1-2-39-40(34-17-6-3-7-18-34)31-32-44-43-26-16-27-46(49(43)53)48-37(33-36-21-12-13-24-41(36)51(44)54-50(39)35-19-8-4-9-20-35)29-30-45-42-25-14-15-28-47(42)55(52(45)48)38-22-10-5-11-23-38/h3-31,44H,2,32-33,53H2,1H3/b40-31+,50-39-,54-51-. The van der Waals surface area contributed by atoms with Gasteiger partial charge in [-0.2, -0.15) is 0 Å². The first-order valence-corrected chi connectivity index (χ1v) is 19.4. The van der Waals surface area contributed by atoms with Crippen molar-refractivity contribution in [1.29, 1.82) is 0 Å². The number of benzene rings is 7. The van der Waals surface area contributed by atoms with Crippen molar-refractivity contribution in [2.45, 2.75) is 32.1 Å². The van der Waals surface area contributed by atoms with E-state index in [9.17, 15) is 0 Å². The van der Waals surface area contributed by atoms with Crippen LogP contribution in [0, 0.1) is 0 Å². The smallest absolute Gasteiger partial charge is 0.0743 e. The normalized spacial score (nSPS) is 18.5. The molecule has 10 rings (SSSR count). The number of hydrogen-bond acceptors (Lipinski definition) is 2. The number of anilines is 1. The molecular weight excluding hydrogens is 667 g/mol. The Bertz CT molecular complexity index is 2840. The zero-order valence-corrected chi connectivity index (χ0v) is 30.9. The first kappa shape index (κ1) is 32.9. The molecule has 0 radical (unpaired) electrons. The second kappa shape index (κ2) is 13.6. The maximum Gasteiger partial charge on any atom is 0.0743 e. The molecule has 1 aromatic heterocycles. The van der Waals surface area contributed by atoms with E-state index < -0.39 is 0 Å². The van der Waals surface area contributed by atoms with E-state index in [1.165, 1.54) is 60.8 Å². The van der Waals surface area contributed by atoms with E-state index in [4.69, 9.17) is 10.7 Å². The van der Waals surface area contributed by atoms with Crippen LogP contribution in [-0.2, 0) is 6.42 Å². The second-order valence-electron chi connectivity index (χ2n) is 14.6. The van der Waals surface area contributed by atoms with Gasteiger partial charge in [0.1, 0.15) is 0 Å². The molecule has 0 saturated heterocycles. The summed E-state index contributed by atoms with van der Waals surface area (Å²) in [6.45, 7) is 2.25. The average Bonchev–Trinajstić information content (AvgIpc) is 3.57. The van der Waals surface area contributed by atoms with E-state index in [0.717, 1.165) is 58.7 Å². The Labute approximate surface area is 322 Å². The molecule has 55 heavy (non-hydrogen) atoms. The van der Waals surface area contributed by atoms with Gasteiger partial charge in [-0.1, -0.05) is 165 Å². The SMILES string of the molecule is CCC1=C(c2ccccc2)/N=C2/c3ccccc3Cc3ccc4c5ccccc5n(-c5ccccc5)c4c3-c3cccc(c3N)C2C\C=C\1c1ccccc1. The summed E-state index contributed by atoms with van der Waals surface area (Å²) < 4.78 is 2.44. The summed E-state index contributed by atoms with van der Waals surface area (Å²) in [7, 11) is 0. The first-order valence-electron chi connectivity index (χ1n) is 19.4. The van der Waals surface area contributed by atoms with Crippen molar-refractivity contribution >= 4 is 44.5 Å². The highest BCUT2D eigenvalue weighted by Gasteiger charge is 2.31. The van der Waals surface area contributed by atoms with Gasteiger partial charge in [0, 0.05) is 50.3 Å². The van der Waals surface area contributed by atoms with Crippen LogP contribution in [0.25, 0.3) is 49.9 Å². The fourth-order valence-electron chi connectivity index (χ4n) is 9.12. The number of rotatable bonds is 4. The summed E-state index contributed by atoms with van der Waals surface area (Å²) in [4.78, 5) is 5.85. The van der Waals surface area contributed by atoms with Gasteiger partial charge in [0.05, 0.1) is 22.4 Å². The average molecular weight is 708 g/mol. The lowest BCUT2D eigenvalue weighted by molar-refractivity contribution is 0.903. The number of para-hydroxylation sites is 3. The van der Waals surface area contributed by atoms with Gasteiger partial charge in [0.15, 0.2) is 0 Å². The lowest BCUT2D eigenvalue weighted by Crippen LogP contribution is -2.20. The molecule has 0 spiro atoms. The predicted octanol–water partition coefficient (Wildman–Crippen LogP) is 12.8. The molecule has 264 valence electrons. The molecule has 3 nitrogen and oxygen atoms in total. The van der Waals surface area contributed by atoms with Gasteiger partial charge in [0.2, 0.25) is 0 Å². The van der Waals surface area contributed by atoms with Crippen LogP contribution >= 0.6 is 0 Å². The lowest BCUT2D eigenvalue weighted by atomic mass is 9.78. The fourth-order valence-corrected chi connectivity index (χ4v) is 9.12. The number of allylic oxidation sites excluding steroid dienone is 3. The van der Waals surface area contributed by atoms with Crippen LogP contribution in [0.15, 0.2) is 186 Å². The van der Waals surface area contributed by atoms with Gasteiger partial charge in [-0.25, -0.2) is 0 Å². The number of fused-ring (bicyclic) bond motifs is 12. The molecule has 0 saturated carbocycles. The molecule has 2 heterocycles. The van der Waals surface area contributed by atoms with E-state index in [1.807, 2.05) is 0 Å². The summed E-state index contributed by atoms with van der Waals surface area (Å²) >= 11 is 0. The molecule has 3 heteroatoms. The van der Waals surface area contributed by atoms with Crippen LogP contribution in [-0.4, -0.2) is 10.3 Å². The van der Waals surface area contributed by atoms with Crippen LogP contribution in [0.3, 0.4) is 0 Å². The summed E-state index contributed by atoms with van der Waals surface area (Å²) in [5.41, 5.74) is 25.9. The molecule has 1 aliphatic carbocycles. The van der Waals surface area contributed by atoms with E-state index in [-0.39, 0.29) is 5.92 Å². The van der Waals surface area contributed by atoms with Crippen molar-refractivity contribution in [2.24, 2.45) is 4.99 Å². The number of nitrogen functional groups attached to an aromatic ring is 1. The van der Waals surface area contributed by atoms with Gasteiger partial charge in [0.25, 0.3) is 0 Å². The fraction of sp³-hybridized carbons (Fsp3) is 0.0962. The molecule has 0 fully saturated rings. The van der Waals surface area contributed by atoms with Crippen molar-refractivity contribution in [3.8, 4) is 16.8 Å². The molecule has 8 aromatic rings. The second-order valence-corrected chi connectivity index (χ2v) is 14.6. The van der Waals surface area contributed by atoms with Crippen LogP contribution < -0.4 is 5.73 Å². The quantitative estimate of drug-likeness (QED) is 0.182. The zero-order valence-electron chi connectivity index (χ0n) is 30.9. The molecule has 1 unspecified atom stereocenters. The number of aliphatic imine (C=N–C) groups is 1. The Hall–Kier alpha value is -6.71. The maximum atomic E-state index is 7.59. The van der Waals surface area contributed by atoms with Crippen LogP contribution in [0.5, 0.6) is 0 Å². The summed E-state index contributed by atoms with van der Waals surface area (Å²) in [5.74, 6) is -0.0855. The Morgan fingerprint density at radius 2 is 1.29 bits per heavy atom. The van der Waals surface area contributed by atoms with Gasteiger partial charge >= 0.3 is 0 Å². The van der Waals surface area contributed by atoms with E-state index in [0.29, 0.717) is 0 Å². The Morgan fingerprint density at radius 3 is 2.07 bits per heavy atom. The maximum absolute atomic E-state index is 7.59. The molecule has 7 aromatic carbocycles. The highest BCUT2D eigenvalue weighted by Crippen LogP contribution is 2.47. The van der Waals surface area contributed by atoms with E-state index in [2.05, 4.69) is 187 Å². The van der Waals surface area contributed by atoms with Crippen molar-refractivity contribution < 1.29 is 0 Å². The molecule has 1 atom stereocenters. The van der Waals surface area contributed by atoms with Gasteiger partial charge < -0.3 is 10.3 Å². The zero-order chi connectivity index (χ0) is 36.9. The van der Waals surface area contributed by atoms with Crippen molar-refractivity contribution in [3.63, 3.8) is 0 Å². The lowest BCUT2D eigenvalue weighted by Gasteiger charge is -2.29. The number of aromatic nitrogens is 1. The van der Waals surface area contributed by atoms with E-state index in [1.54, 1.807) is 0 Å². The molecule has 2 bridgehead atoms. The minimum absolute atomic E-state index is 0.0855. The van der Waals surface area contributed by atoms with Gasteiger partial charge in [-0.3, -0.25) is 4.99 Å². The molecular formula is C52H41N3. The van der Waals surface area contributed by atoms with Crippen molar-refractivity contribution in [1.82, 2.24) is 4.57 Å². The minimum atomic E-state index is -0.0855. The molecule has 2 N–H and O–H groups in total. The van der Waals surface area contributed by atoms with E-state index >= 15 is 0 Å². The van der Waals surface area contributed by atoms with Gasteiger partial charge in [-0.15, -0.1) is 0 Å². The van der Waals surface area contributed by atoms with Crippen LogP contribution in [0.2, 0.25) is 0 Å². The van der Waals surface area contributed by atoms with Crippen molar-refractivity contribution in [3.05, 3.63) is 215 Å².